The number of rotatable bonds is 6. The van der Waals surface area contributed by atoms with Crippen LogP contribution in [0.5, 0.6) is 0 Å². The number of ether oxygens (including phenoxy) is 1. The summed E-state index contributed by atoms with van der Waals surface area (Å²) in [6, 6.07) is 0. The van der Waals surface area contributed by atoms with Crippen LogP contribution in [0.25, 0.3) is 0 Å². The lowest BCUT2D eigenvalue weighted by Crippen LogP contribution is -2.31. The van der Waals surface area contributed by atoms with Gasteiger partial charge >= 0.3 is 12.1 Å². The van der Waals surface area contributed by atoms with Crippen molar-refractivity contribution in [3.8, 4) is 0 Å². The van der Waals surface area contributed by atoms with Gasteiger partial charge in [0.25, 0.3) is 0 Å². The highest BCUT2D eigenvalue weighted by atomic mass is 19.4. The zero-order valence-electron chi connectivity index (χ0n) is 9.26. The molecule has 0 aromatic heterocycles. The van der Waals surface area contributed by atoms with E-state index in [9.17, 15) is 22.8 Å². The normalized spacial score (nSPS) is 13.3. The van der Waals surface area contributed by atoms with E-state index in [1.54, 1.807) is 0 Å². The maximum absolute atomic E-state index is 12.4. The van der Waals surface area contributed by atoms with Gasteiger partial charge in [0.15, 0.2) is 5.92 Å². The van der Waals surface area contributed by atoms with Gasteiger partial charge in [0.05, 0.1) is 7.11 Å². The van der Waals surface area contributed by atoms with Gasteiger partial charge in [-0.25, -0.2) is 0 Å². The smallest absolute Gasteiger partial charge is 0.402 e. The van der Waals surface area contributed by atoms with Gasteiger partial charge in [-0.05, 0) is 19.8 Å². The number of ketones is 1. The molecule has 0 radical (unpaired) electrons. The minimum atomic E-state index is -4.58. The summed E-state index contributed by atoms with van der Waals surface area (Å²) in [5, 5.41) is 0. The quantitative estimate of drug-likeness (QED) is 0.529. The number of methoxy groups -OCH3 is 1. The van der Waals surface area contributed by atoms with Gasteiger partial charge in [-0.2, -0.15) is 13.2 Å². The molecule has 0 aliphatic carbocycles. The lowest BCUT2D eigenvalue weighted by atomic mass is 10.0. The van der Waals surface area contributed by atoms with Crippen molar-refractivity contribution in [2.75, 3.05) is 7.11 Å². The van der Waals surface area contributed by atoms with E-state index >= 15 is 0 Å². The predicted octanol–water partition coefficient (Wildman–Crippen LogP) is 2.49. The molecular formula is C10H15F3O3. The molecule has 3 nitrogen and oxygen atoms in total. The Balaban J connectivity index is 4.14. The fourth-order valence-corrected chi connectivity index (χ4v) is 1.28. The van der Waals surface area contributed by atoms with E-state index < -0.39 is 18.1 Å². The number of hydrogen-bond acceptors (Lipinski definition) is 3. The Labute approximate surface area is 92.0 Å². The molecule has 6 heteroatoms. The number of alkyl halides is 3. The molecule has 0 fully saturated rings. The molecule has 0 N–H and O–H groups in total. The number of carbonyl (C=O) groups is 2. The zero-order chi connectivity index (χ0) is 12.8. The molecule has 16 heavy (non-hydrogen) atoms. The second kappa shape index (κ2) is 6.50. The maximum atomic E-state index is 12.4. The highest BCUT2D eigenvalue weighted by molar-refractivity contribution is 5.75. The molecule has 1 atom stereocenters. The fourth-order valence-electron chi connectivity index (χ4n) is 1.28. The minimum absolute atomic E-state index is 0.0679. The topological polar surface area (TPSA) is 43.4 Å². The van der Waals surface area contributed by atoms with Crippen LogP contribution in [0.3, 0.4) is 0 Å². The van der Waals surface area contributed by atoms with E-state index in [1.165, 1.54) is 6.92 Å². The molecule has 0 heterocycles. The molecule has 0 bridgehead atoms. The number of esters is 1. The van der Waals surface area contributed by atoms with Gasteiger partial charge < -0.3 is 9.53 Å². The van der Waals surface area contributed by atoms with Crippen LogP contribution in [-0.2, 0) is 14.3 Å². The van der Waals surface area contributed by atoms with Crippen molar-refractivity contribution in [3.63, 3.8) is 0 Å². The molecule has 0 aliphatic rings. The summed E-state index contributed by atoms with van der Waals surface area (Å²) < 4.78 is 41.2. The Morgan fingerprint density at radius 2 is 1.81 bits per heavy atom. The van der Waals surface area contributed by atoms with Crippen molar-refractivity contribution in [1.82, 2.24) is 0 Å². The second-order valence-electron chi connectivity index (χ2n) is 3.57. The van der Waals surface area contributed by atoms with E-state index in [4.69, 9.17) is 0 Å². The molecule has 0 aromatic carbocycles. The van der Waals surface area contributed by atoms with Gasteiger partial charge in [0.1, 0.15) is 5.78 Å². The van der Waals surface area contributed by atoms with E-state index in [0.29, 0.717) is 6.42 Å². The number of Topliss-reactive ketones (excluding diaryl/α,β-unsaturated/α-hetero) is 1. The Morgan fingerprint density at radius 3 is 2.19 bits per heavy atom. The average Bonchev–Trinajstić information content (AvgIpc) is 2.14. The largest absolute Gasteiger partial charge is 0.469 e. The minimum Gasteiger partial charge on any atom is -0.469 e. The molecule has 0 spiro atoms. The summed E-state index contributed by atoms with van der Waals surface area (Å²) in [5.74, 6) is -3.42. The van der Waals surface area contributed by atoms with Gasteiger partial charge in [-0.15, -0.1) is 0 Å². The Kier molecular flexibility index (Phi) is 6.06. The van der Waals surface area contributed by atoms with Crippen LogP contribution in [0.4, 0.5) is 13.2 Å². The third kappa shape index (κ3) is 5.72. The van der Waals surface area contributed by atoms with Crippen molar-refractivity contribution in [2.45, 2.75) is 38.8 Å². The van der Waals surface area contributed by atoms with Crippen molar-refractivity contribution in [1.29, 1.82) is 0 Å². The van der Waals surface area contributed by atoms with Gasteiger partial charge in [0, 0.05) is 6.42 Å². The van der Waals surface area contributed by atoms with Gasteiger partial charge in [-0.3, -0.25) is 4.79 Å². The number of halogens is 3. The molecule has 1 unspecified atom stereocenters. The number of hydrogen-bond donors (Lipinski definition) is 0. The first kappa shape index (κ1) is 14.9. The predicted molar refractivity (Wildman–Crippen MR) is 50.7 cm³/mol. The maximum Gasteiger partial charge on any atom is 0.402 e. The molecule has 0 amide bonds. The zero-order valence-corrected chi connectivity index (χ0v) is 9.26. The Bertz CT molecular complexity index is 248. The van der Waals surface area contributed by atoms with E-state index in [2.05, 4.69) is 4.74 Å². The molecule has 0 rings (SSSR count). The summed E-state index contributed by atoms with van der Waals surface area (Å²) in [7, 11) is 0.927. The van der Waals surface area contributed by atoms with Crippen molar-refractivity contribution < 1.29 is 27.5 Å². The van der Waals surface area contributed by atoms with Crippen LogP contribution in [0.1, 0.15) is 32.6 Å². The lowest BCUT2D eigenvalue weighted by Gasteiger charge is -2.17. The van der Waals surface area contributed by atoms with Crippen molar-refractivity contribution >= 4 is 11.8 Å². The Hall–Kier alpha value is -1.07. The third-order valence-corrected chi connectivity index (χ3v) is 2.15. The van der Waals surface area contributed by atoms with E-state index in [-0.39, 0.29) is 25.0 Å². The summed E-state index contributed by atoms with van der Waals surface area (Å²) in [6.45, 7) is 1.38. The highest BCUT2D eigenvalue weighted by Crippen LogP contribution is 2.31. The van der Waals surface area contributed by atoms with Crippen LogP contribution < -0.4 is 0 Å². The number of carbonyl (C=O) groups excluding carboxylic acids is 2. The summed E-state index contributed by atoms with van der Waals surface area (Å²) in [4.78, 5) is 21.4. The summed E-state index contributed by atoms with van der Waals surface area (Å²) >= 11 is 0. The number of unbranched alkanes of at least 4 members (excludes halogenated alkanes) is 1. The first-order chi connectivity index (χ1) is 7.29. The summed E-state index contributed by atoms with van der Waals surface area (Å²) in [6.07, 6.45) is -4.13. The third-order valence-electron chi connectivity index (χ3n) is 2.15. The van der Waals surface area contributed by atoms with Crippen LogP contribution in [0, 0.1) is 5.92 Å². The molecule has 94 valence electrons. The van der Waals surface area contributed by atoms with E-state index in [1.807, 2.05) is 0 Å². The Morgan fingerprint density at radius 1 is 1.25 bits per heavy atom. The van der Waals surface area contributed by atoms with Gasteiger partial charge in [0.2, 0.25) is 0 Å². The first-order valence-electron chi connectivity index (χ1n) is 4.93. The van der Waals surface area contributed by atoms with Crippen LogP contribution in [0.15, 0.2) is 0 Å². The van der Waals surface area contributed by atoms with Crippen molar-refractivity contribution in [2.24, 2.45) is 5.92 Å². The van der Waals surface area contributed by atoms with E-state index in [0.717, 1.165) is 7.11 Å². The molecule has 0 aromatic rings. The SMILES string of the molecule is COC(=O)C(CCCCC(C)=O)C(F)(F)F. The van der Waals surface area contributed by atoms with Crippen LogP contribution in [-0.4, -0.2) is 25.0 Å². The fraction of sp³-hybridized carbons (Fsp3) is 0.800. The lowest BCUT2D eigenvalue weighted by molar-refractivity contribution is -0.197. The average molecular weight is 240 g/mol. The summed E-state index contributed by atoms with van der Waals surface area (Å²) in [5.41, 5.74) is 0. The van der Waals surface area contributed by atoms with Gasteiger partial charge in [-0.1, -0.05) is 6.42 Å². The molecule has 0 saturated heterocycles. The highest BCUT2D eigenvalue weighted by Gasteiger charge is 2.44. The molecule has 0 aliphatic heterocycles. The van der Waals surface area contributed by atoms with Crippen molar-refractivity contribution in [3.05, 3.63) is 0 Å². The molecule has 0 saturated carbocycles. The second-order valence-corrected chi connectivity index (χ2v) is 3.57. The van der Waals surface area contributed by atoms with Crippen LogP contribution >= 0.6 is 0 Å². The standard InChI is InChI=1S/C10H15F3O3/c1-7(14)5-3-4-6-8(9(15)16-2)10(11,12)13/h8H,3-6H2,1-2H3. The first-order valence-corrected chi connectivity index (χ1v) is 4.93. The molecular weight excluding hydrogens is 225 g/mol. The van der Waals surface area contributed by atoms with Crippen LogP contribution in [0.2, 0.25) is 0 Å². The monoisotopic (exact) mass is 240 g/mol.